The molecule has 1 aromatic heterocycles. The highest BCUT2D eigenvalue weighted by Gasteiger charge is 2.31. The quantitative estimate of drug-likeness (QED) is 0.852. The normalized spacial score (nSPS) is 22.4. The minimum Gasteiger partial charge on any atom is -0.379 e. The number of hydrogen-bond donors (Lipinski definition) is 1. The molecular weight excluding hydrogens is 348 g/mol. The predicted octanol–water partition coefficient (Wildman–Crippen LogP) is 1.78. The molecule has 2 atom stereocenters. The SMILES string of the molecule is Cc1cc(C(=O)N2CCOC[C@H](CCNS(C)(=O)=O)[C@H]2C)sc1C. The van der Waals surface area contributed by atoms with Crippen molar-refractivity contribution >= 4 is 27.3 Å². The lowest BCUT2D eigenvalue weighted by Gasteiger charge is -2.31. The van der Waals surface area contributed by atoms with Crippen molar-refractivity contribution in [3.05, 3.63) is 21.4 Å². The van der Waals surface area contributed by atoms with Crippen LogP contribution in [0.4, 0.5) is 0 Å². The van der Waals surface area contributed by atoms with Crippen LogP contribution in [0.5, 0.6) is 0 Å². The third kappa shape index (κ3) is 5.02. The fraction of sp³-hybridized carbons (Fsp3) is 0.688. The maximum atomic E-state index is 12.9. The molecule has 2 rings (SSSR count). The van der Waals surface area contributed by atoms with E-state index in [-0.39, 0.29) is 17.9 Å². The Hall–Kier alpha value is -0.960. The fourth-order valence-corrected chi connectivity index (χ4v) is 4.33. The highest BCUT2D eigenvalue weighted by molar-refractivity contribution is 7.88. The van der Waals surface area contributed by atoms with E-state index in [2.05, 4.69) is 4.72 Å². The van der Waals surface area contributed by atoms with Crippen molar-refractivity contribution in [2.45, 2.75) is 33.2 Å². The number of nitrogens with one attached hydrogen (secondary N) is 1. The fourth-order valence-electron chi connectivity index (χ4n) is 2.86. The molecule has 8 heteroatoms. The van der Waals surface area contributed by atoms with Crippen LogP contribution < -0.4 is 4.72 Å². The first kappa shape index (κ1) is 19.4. The van der Waals surface area contributed by atoms with Gasteiger partial charge in [-0.05, 0) is 38.8 Å². The Labute approximate surface area is 148 Å². The molecule has 1 saturated heterocycles. The lowest BCUT2D eigenvalue weighted by Crippen LogP contribution is -2.43. The summed E-state index contributed by atoms with van der Waals surface area (Å²) in [5, 5.41) is 0. The number of sulfonamides is 1. The second-order valence-electron chi connectivity index (χ2n) is 6.38. The molecule has 24 heavy (non-hydrogen) atoms. The van der Waals surface area contributed by atoms with Gasteiger partial charge < -0.3 is 9.64 Å². The Balaban J connectivity index is 2.07. The van der Waals surface area contributed by atoms with Crippen molar-refractivity contribution in [3.63, 3.8) is 0 Å². The molecule has 1 aromatic rings. The van der Waals surface area contributed by atoms with Gasteiger partial charge in [0.15, 0.2) is 0 Å². The molecule has 6 nitrogen and oxygen atoms in total. The Morgan fingerprint density at radius 1 is 1.46 bits per heavy atom. The van der Waals surface area contributed by atoms with Gasteiger partial charge in [0.25, 0.3) is 5.91 Å². The molecule has 0 saturated carbocycles. The Morgan fingerprint density at radius 2 is 2.17 bits per heavy atom. The highest BCUT2D eigenvalue weighted by Crippen LogP contribution is 2.26. The maximum absolute atomic E-state index is 12.9. The molecule has 1 fully saturated rings. The molecule has 0 unspecified atom stereocenters. The first-order valence-corrected chi connectivity index (χ1v) is 10.8. The van der Waals surface area contributed by atoms with E-state index in [9.17, 15) is 13.2 Å². The number of rotatable bonds is 5. The minimum absolute atomic E-state index is 0.00377. The van der Waals surface area contributed by atoms with E-state index in [1.807, 2.05) is 31.7 Å². The van der Waals surface area contributed by atoms with Crippen LogP contribution in [0.15, 0.2) is 6.07 Å². The van der Waals surface area contributed by atoms with Gasteiger partial charge in [-0.3, -0.25) is 4.79 Å². The molecule has 1 aliphatic rings. The first-order chi connectivity index (χ1) is 11.2. The van der Waals surface area contributed by atoms with E-state index in [1.54, 1.807) is 0 Å². The molecule has 1 aliphatic heterocycles. The van der Waals surface area contributed by atoms with Crippen molar-refractivity contribution in [2.75, 3.05) is 32.6 Å². The summed E-state index contributed by atoms with van der Waals surface area (Å²) in [4.78, 5) is 16.7. The van der Waals surface area contributed by atoms with Crippen molar-refractivity contribution in [2.24, 2.45) is 5.92 Å². The number of carbonyl (C=O) groups is 1. The van der Waals surface area contributed by atoms with Gasteiger partial charge in [0.05, 0.1) is 24.3 Å². The lowest BCUT2D eigenvalue weighted by molar-refractivity contribution is 0.0663. The molecule has 0 bridgehead atoms. The number of hydrogen-bond acceptors (Lipinski definition) is 5. The van der Waals surface area contributed by atoms with Gasteiger partial charge in [0.2, 0.25) is 10.0 Å². The summed E-state index contributed by atoms with van der Waals surface area (Å²) in [5.74, 6) is 0.142. The molecule has 1 N–H and O–H groups in total. The van der Waals surface area contributed by atoms with Crippen LogP contribution in [-0.2, 0) is 14.8 Å². The standard InChI is InChI=1S/C16H26N2O4S2/c1-11-9-15(23-13(11)3)16(19)18-7-8-22-10-14(12(18)2)5-6-17-24(4,20)21/h9,12,14,17H,5-8,10H2,1-4H3/t12-,14+/m1/s1. The summed E-state index contributed by atoms with van der Waals surface area (Å²) in [6, 6.07) is 1.95. The molecule has 1 amide bonds. The smallest absolute Gasteiger partial charge is 0.264 e. The number of nitrogens with zero attached hydrogens (tertiary/aromatic N) is 1. The Kier molecular flexibility index (Phi) is 6.41. The van der Waals surface area contributed by atoms with Gasteiger partial charge in [-0.2, -0.15) is 0 Å². The molecule has 0 radical (unpaired) electrons. The summed E-state index contributed by atoms with van der Waals surface area (Å²) in [7, 11) is -3.20. The highest BCUT2D eigenvalue weighted by atomic mass is 32.2. The van der Waals surface area contributed by atoms with E-state index in [0.717, 1.165) is 21.6 Å². The van der Waals surface area contributed by atoms with Gasteiger partial charge >= 0.3 is 0 Å². The van der Waals surface area contributed by atoms with Crippen molar-refractivity contribution < 1.29 is 17.9 Å². The lowest BCUT2D eigenvalue weighted by atomic mass is 9.97. The average Bonchev–Trinajstić information content (AvgIpc) is 2.71. The van der Waals surface area contributed by atoms with Crippen LogP contribution in [0, 0.1) is 19.8 Å². The maximum Gasteiger partial charge on any atom is 0.264 e. The van der Waals surface area contributed by atoms with Crippen LogP contribution in [0.25, 0.3) is 0 Å². The zero-order valence-electron chi connectivity index (χ0n) is 14.7. The van der Waals surface area contributed by atoms with E-state index >= 15 is 0 Å². The van der Waals surface area contributed by atoms with Crippen LogP contribution in [-0.4, -0.2) is 57.8 Å². The summed E-state index contributed by atoms with van der Waals surface area (Å²) in [5.41, 5.74) is 1.14. The zero-order chi connectivity index (χ0) is 17.9. The molecule has 0 aromatic carbocycles. The van der Waals surface area contributed by atoms with Crippen LogP contribution >= 0.6 is 11.3 Å². The molecule has 0 aliphatic carbocycles. The Bertz CT molecular complexity index is 665. The van der Waals surface area contributed by atoms with Crippen molar-refractivity contribution in [1.82, 2.24) is 9.62 Å². The van der Waals surface area contributed by atoms with E-state index in [4.69, 9.17) is 4.74 Å². The second-order valence-corrected chi connectivity index (χ2v) is 9.47. The summed E-state index contributed by atoms with van der Waals surface area (Å²) in [6.45, 7) is 8.02. The zero-order valence-corrected chi connectivity index (χ0v) is 16.3. The number of amides is 1. The average molecular weight is 375 g/mol. The van der Waals surface area contributed by atoms with Gasteiger partial charge in [0, 0.05) is 29.9 Å². The third-order valence-corrected chi connectivity index (χ3v) is 6.37. The topological polar surface area (TPSA) is 75.7 Å². The summed E-state index contributed by atoms with van der Waals surface area (Å²) >= 11 is 1.52. The van der Waals surface area contributed by atoms with Gasteiger partial charge in [-0.25, -0.2) is 13.1 Å². The summed E-state index contributed by atoms with van der Waals surface area (Å²) in [6.07, 6.45) is 1.79. The van der Waals surface area contributed by atoms with Crippen molar-refractivity contribution in [3.8, 4) is 0 Å². The van der Waals surface area contributed by atoms with Gasteiger partial charge in [-0.15, -0.1) is 11.3 Å². The van der Waals surface area contributed by atoms with Crippen LogP contribution in [0.1, 0.15) is 33.5 Å². The molecule has 136 valence electrons. The van der Waals surface area contributed by atoms with Gasteiger partial charge in [-0.1, -0.05) is 0 Å². The second kappa shape index (κ2) is 7.95. The molecular formula is C16H26N2O4S2. The minimum atomic E-state index is -3.20. The number of aryl methyl sites for hydroxylation is 2. The van der Waals surface area contributed by atoms with Crippen LogP contribution in [0.3, 0.4) is 0 Å². The van der Waals surface area contributed by atoms with E-state index in [0.29, 0.717) is 32.7 Å². The predicted molar refractivity (Wildman–Crippen MR) is 96.1 cm³/mol. The monoisotopic (exact) mass is 374 g/mol. The van der Waals surface area contributed by atoms with Crippen LogP contribution in [0.2, 0.25) is 0 Å². The number of carbonyl (C=O) groups excluding carboxylic acids is 1. The third-order valence-electron chi connectivity index (χ3n) is 4.50. The number of ether oxygens (including phenoxy) is 1. The summed E-state index contributed by atoms with van der Waals surface area (Å²) < 4.78 is 30.6. The van der Waals surface area contributed by atoms with Crippen molar-refractivity contribution in [1.29, 1.82) is 0 Å². The largest absolute Gasteiger partial charge is 0.379 e. The van der Waals surface area contributed by atoms with E-state index in [1.165, 1.54) is 11.3 Å². The molecule has 2 heterocycles. The number of thiophene rings is 1. The van der Waals surface area contributed by atoms with Gasteiger partial charge in [0.1, 0.15) is 0 Å². The Morgan fingerprint density at radius 3 is 2.75 bits per heavy atom. The first-order valence-electron chi connectivity index (χ1n) is 8.09. The van der Waals surface area contributed by atoms with E-state index < -0.39 is 10.0 Å². The molecule has 0 spiro atoms.